The van der Waals surface area contributed by atoms with Crippen LogP contribution in [-0.2, 0) is 0 Å². The van der Waals surface area contributed by atoms with Gasteiger partial charge in [0.15, 0.2) is 5.65 Å². The van der Waals surface area contributed by atoms with E-state index in [2.05, 4.69) is 73.7 Å². The number of nitrogens with one attached hydrogen (secondary N) is 1. The number of para-hydroxylation sites is 1. The van der Waals surface area contributed by atoms with Gasteiger partial charge in [0.25, 0.3) is 0 Å². The third-order valence-corrected chi connectivity index (χ3v) is 6.43. The minimum absolute atomic E-state index is 0.0348. The second-order valence-electron chi connectivity index (χ2n) is 6.19. The number of anilines is 1. The van der Waals surface area contributed by atoms with Crippen molar-refractivity contribution < 1.29 is 0 Å². The minimum Gasteiger partial charge on any atom is -0.341 e. The number of aromatic nitrogens is 4. The highest BCUT2D eigenvalue weighted by molar-refractivity contribution is 8.00. The largest absolute Gasteiger partial charge is 0.341 e. The van der Waals surface area contributed by atoms with Gasteiger partial charge in [0.1, 0.15) is 23.0 Å². The molecule has 4 aromatic rings. The molecule has 0 aliphatic carbocycles. The van der Waals surface area contributed by atoms with Crippen LogP contribution in [0.2, 0.25) is 0 Å². The zero-order valence-corrected chi connectivity index (χ0v) is 16.1. The van der Waals surface area contributed by atoms with E-state index in [0.717, 1.165) is 21.6 Å². The van der Waals surface area contributed by atoms with Crippen LogP contribution in [0.4, 0.5) is 5.69 Å². The van der Waals surface area contributed by atoms with Gasteiger partial charge in [-0.1, -0.05) is 30.0 Å². The van der Waals surface area contributed by atoms with Crippen LogP contribution in [0.3, 0.4) is 0 Å². The van der Waals surface area contributed by atoms with Crippen molar-refractivity contribution >= 4 is 46.1 Å². The molecule has 2 unspecified atom stereocenters. The molecule has 0 spiro atoms. The molecule has 1 aliphatic heterocycles. The number of H-pyrrole nitrogens is 1. The molecule has 1 N–H and O–H groups in total. The molecule has 5 rings (SSSR count). The summed E-state index contributed by atoms with van der Waals surface area (Å²) in [7, 11) is 0. The molecule has 134 valence electrons. The summed E-state index contributed by atoms with van der Waals surface area (Å²) in [6, 6.07) is 12.5. The summed E-state index contributed by atoms with van der Waals surface area (Å²) in [5, 5.41) is 4.20. The van der Waals surface area contributed by atoms with Gasteiger partial charge in [-0.15, -0.1) is 11.3 Å². The highest BCUT2D eigenvalue weighted by Crippen LogP contribution is 2.32. The number of hydrogen-bond donors (Lipinski definition) is 1. The number of aromatic amines is 1. The van der Waals surface area contributed by atoms with Crippen molar-refractivity contribution in [2.24, 2.45) is 4.99 Å². The number of hydrogen-bond acceptors (Lipinski definition) is 7. The average Bonchev–Trinajstić information content (AvgIpc) is 3.37. The molecule has 1 aliphatic rings. The minimum atomic E-state index is -0.0348. The fourth-order valence-electron chi connectivity index (χ4n) is 3.15. The van der Waals surface area contributed by atoms with Crippen molar-refractivity contribution in [3.8, 4) is 0 Å². The van der Waals surface area contributed by atoms with E-state index in [-0.39, 0.29) is 11.4 Å². The van der Waals surface area contributed by atoms with Gasteiger partial charge >= 0.3 is 0 Å². The summed E-state index contributed by atoms with van der Waals surface area (Å²) >= 11 is 3.40. The maximum absolute atomic E-state index is 5.04. The molecule has 6 nitrogen and oxygen atoms in total. The van der Waals surface area contributed by atoms with Crippen molar-refractivity contribution in [3.05, 3.63) is 64.3 Å². The molecule has 0 bridgehead atoms. The number of nitrogens with zero attached hydrogens (tertiary/aromatic N) is 5. The monoisotopic (exact) mass is 392 g/mol. The smallest absolute Gasteiger partial charge is 0.181 e. The van der Waals surface area contributed by atoms with E-state index in [1.165, 1.54) is 4.53 Å². The van der Waals surface area contributed by atoms with Crippen LogP contribution in [-0.4, -0.2) is 31.4 Å². The van der Waals surface area contributed by atoms with Crippen LogP contribution in [0.1, 0.15) is 6.92 Å². The summed E-state index contributed by atoms with van der Waals surface area (Å²) in [5.74, 6) is 0. The van der Waals surface area contributed by atoms with E-state index in [0.29, 0.717) is 5.65 Å². The highest BCUT2D eigenvalue weighted by Gasteiger charge is 2.27. The van der Waals surface area contributed by atoms with Gasteiger partial charge in [-0.3, -0.25) is 4.99 Å². The van der Waals surface area contributed by atoms with Crippen LogP contribution >= 0.6 is 23.1 Å². The lowest BCUT2D eigenvalue weighted by atomic mass is 10.2. The average molecular weight is 393 g/mol. The third kappa shape index (κ3) is 3.00. The first-order valence-electron chi connectivity index (χ1n) is 8.57. The van der Waals surface area contributed by atoms with Gasteiger partial charge < -0.3 is 9.88 Å². The number of benzene rings is 1. The van der Waals surface area contributed by atoms with Gasteiger partial charge in [0.2, 0.25) is 0 Å². The van der Waals surface area contributed by atoms with Crippen molar-refractivity contribution in [2.45, 2.75) is 23.4 Å². The maximum Gasteiger partial charge on any atom is 0.181 e. The van der Waals surface area contributed by atoms with E-state index < -0.39 is 0 Å². The standard InChI is InChI=1S/C19H16N6S2/c1-12(27-19-16-17(21-10-20-16)22-11-23-19)18-24-14-7-8-26-15(14)9-25(18)13-5-3-2-4-6-13/h2-12,18H,1H3,(H,20,21,22,23). The van der Waals surface area contributed by atoms with Gasteiger partial charge in [-0.25, -0.2) is 15.0 Å². The van der Waals surface area contributed by atoms with E-state index in [1.54, 1.807) is 35.8 Å². The van der Waals surface area contributed by atoms with E-state index in [1.807, 2.05) is 6.07 Å². The highest BCUT2D eigenvalue weighted by atomic mass is 32.2. The first-order chi connectivity index (χ1) is 13.3. The van der Waals surface area contributed by atoms with Crippen molar-refractivity contribution in [1.82, 2.24) is 19.9 Å². The second-order valence-corrected chi connectivity index (χ2v) is 8.50. The summed E-state index contributed by atoms with van der Waals surface area (Å²) in [6.45, 7) is 2.18. The first kappa shape index (κ1) is 16.5. The molecule has 0 saturated carbocycles. The zero-order valence-electron chi connectivity index (χ0n) is 14.5. The maximum atomic E-state index is 5.04. The van der Waals surface area contributed by atoms with Crippen molar-refractivity contribution in [2.75, 3.05) is 4.90 Å². The Morgan fingerprint density at radius 3 is 2.93 bits per heavy atom. The summed E-state index contributed by atoms with van der Waals surface area (Å²) in [5.41, 5.74) is 2.69. The number of fused-ring (bicyclic) bond motifs is 2. The molecule has 3 aromatic heterocycles. The van der Waals surface area contributed by atoms with E-state index in [4.69, 9.17) is 4.99 Å². The van der Waals surface area contributed by atoms with Gasteiger partial charge in [-0.05, 0) is 30.5 Å². The molecule has 27 heavy (non-hydrogen) atoms. The van der Waals surface area contributed by atoms with Gasteiger partial charge in [0, 0.05) is 17.1 Å². The zero-order chi connectivity index (χ0) is 18.2. The SMILES string of the molecule is CC(Sc1ncnc2nc[nH]c12)C1N=c2ccsc2=CN1c1ccccc1. The fourth-order valence-corrected chi connectivity index (χ4v) is 4.95. The molecular weight excluding hydrogens is 376 g/mol. The van der Waals surface area contributed by atoms with Crippen LogP contribution in [0.25, 0.3) is 17.4 Å². The van der Waals surface area contributed by atoms with Crippen molar-refractivity contribution in [3.63, 3.8) is 0 Å². The molecule has 1 aromatic carbocycles. The van der Waals surface area contributed by atoms with E-state index >= 15 is 0 Å². The Morgan fingerprint density at radius 1 is 1.15 bits per heavy atom. The third-order valence-electron chi connectivity index (χ3n) is 4.45. The molecule has 4 heterocycles. The predicted octanol–water partition coefficient (Wildman–Crippen LogP) is 2.80. The number of imidazole rings is 1. The van der Waals surface area contributed by atoms with Crippen LogP contribution in [0, 0.1) is 0 Å². The number of rotatable bonds is 4. The van der Waals surface area contributed by atoms with Crippen molar-refractivity contribution in [1.29, 1.82) is 0 Å². The lowest BCUT2D eigenvalue weighted by Gasteiger charge is -2.33. The van der Waals surface area contributed by atoms with Gasteiger partial charge in [0.05, 0.1) is 16.2 Å². The Hall–Kier alpha value is -2.71. The molecule has 0 radical (unpaired) electrons. The predicted molar refractivity (Wildman–Crippen MR) is 109 cm³/mol. The summed E-state index contributed by atoms with van der Waals surface area (Å²) in [6.07, 6.45) is 5.39. The van der Waals surface area contributed by atoms with Gasteiger partial charge in [-0.2, -0.15) is 0 Å². The quantitative estimate of drug-likeness (QED) is 0.427. The normalized spacial score (nSPS) is 17.2. The van der Waals surface area contributed by atoms with E-state index in [9.17, 15) is 0 Å². The number of thioether (sulfide) groups is 1. The Kier molecular flexibility index (Phi) is 4.14. The Morgan fingerprint density at radius 2 is 2.04 bits per heavy atom. The number of thiophene rings is 1. The molecular formula is C19H16N6S2. The Balaban J connectivity index is 1.54. The fraction of sp³-hybridized carbons (Fsp3) is 0.158. The molecule has 0 amide bonds. The Bertz CT molecular complexity index is 1200. The summed E-state index contributed by atoms with van der Waals surface area (Å²) < 4.78 is 1.19. The van der Waals surface area contributed by atoms with Crippen LogP contribution in [0.15, 0.2) is 64.5 Å². The lowest BCUT2D eigenvalue weighted by Crippen LogP contribution is -2.44. The molecule has 2 atom stereocenters. The summed E-state index contributed by atoms with van der Waals surface area (Å²) in [4.78, 5) is 23.3. The first-order valence-corrected chi connectivity index (χ1v) is 10.3. The lowest BCUT2D eigenvalue weighted by molar-refractivity contribution is 0.658. The van der Waals surface area contributed by atoms with Crippen LogP contribution < -0.4 is 14.8 Å². The topological polar surface area (TPSA) is 70.1 Å². The Labute approximate surface area is 163 Å². The second kappa shape index (κ2) is 6.79. The van der Waals surface area contributed by atoms with Crippen LogP contribution in [0.5, 0.6) is 0 Å². The molecule has 0 saturated heterocycles. The molecule has 0 fully saturated rings. The molecule has 8 heteroatoms.